The minimum Gasteiger partial charge on any atom is -0.380 e. The Kier molecular flexibility index (Phi) is 4.51. The predicted octanol–water partition coefficient (Wildman–Crippen LogP) is 1.38. The Morgan fingerprint density at radius 3 is 2.41 bits per heavy atom. The van der Waals surface area contributed by atoms with Gasteiger partial charge in [-0.3, -0.25) is 10.1 Å². The maximum Gasteiger partial charge on any atom is 0.325 e. The van der Waals surface area contributed by atoms with E-state index in [9.17, 15) is 9.59 Å². The number of amides is 3. The molecule has 17 heavy (non-hydrogen) atoms. The van der Waals surface area contributed by atoms with E-state index in [1.165, 1.54) is 4.90 Å². The molecule has 1 aliphatic rings. The van der Waals surface area contributed by atoms with E-state index >= 15 is 0 Å². The fraction of sp³-hybridized carbons (Fsp3) is 0.833. The molecule has 1 fully saturated rings. The summed E-state index contributed by atoms with van der Waals surface area (Å²) >= 11 is 0. The number of hydrogen-bond acceptors (Lipinski definition) is 3. The highest BCUT2D eigenvalue weighted by molar-refractivity contribution is 6.06. The molecule has 0 aromatic heterocycles. The van der Waals surface area contributed by atoms with Crippen LogP contribution >= 0.6 is 0 Å². The lowest BCUT2D eigenvalue weighted by Gasteiger charge is -2.27. The predicted molar refractivity (Wildman–Crippen MR) is 64.6 cm³/mol. The molecule has 1 heterocycles. The summed E-state index contributed by atoms with van der Waals surface area (Å²) in [6.07, 6.45) is 1.01. The Labute approximate surface area is 102 Å². The molecule has 5 nitrogen and oxygen atoms in total. The van der Waals surface area contributed by atoms with Crippen LogP contribution in [0, 0.1) is 5.92 Å². The molecule has 5 heteroatoms. The maximum absolute atomic E-state index is 11.5. The van der Waals surface area contributed by atoms with E-state index in [0.717, 1.165) is 6.42 Å². The smallest absolute Gasteiger partial charge is 0.325 e. The number of rotatable bonds is 6. The molecule has 0 aromatic carbocycles. The first-order chi connectivity index (χ1) is 7.85. The molecule has 0 spiro atoms. The topological polar surface area (TPSA) is 58.6 Å². The molecule has 0 saturated carbocycles. The minimum atomic E-state index is -0.765. The van der Waals surface area contributed by atoms with Crippen molar-refractivity contribution in [3.8, 4) is 0 Å². The molecule has 0 radical (unpaired) electrons. The van der Waals surface area contributed by atoms with Crippen LogP contribution in [-0.4, -0.2) is 42.1 Å². The van der Waals surface area contributed by atoms with Gasteiger partial charge in [-0.05, 0) is 26.2 Å². The van der Waals surface area contributed by atoms with Crippen molar-refractivity contribution in [2.24, 2.45) is 5.92 Å². The van der Waals surface area contributed by atoms with E-state index in [2.05, 4.69) is 19.2 Å². The highest BCUT2D eigenvalue weighted by atomic mass is 16.5. The van der Waals surface area contributed by atoms with Crippen molar-refractivity contribution < 1.29 is 14.3 Å². The van der Waals surface area contributed by atoms with Gasteiger partial charge in [0.15, 0.2) is 0 Å². The molecule has 0 bridgehead atoms. The number of urea groups is 1. The van der Waals surface area contributed by atoms with Gasteiger partial charge in [0.2, 0.25) is 0 Å². The molecule has 1 saturated heterocycles. The van der Waals surface area contributed by atoms with Crippen molar-refractivity contribution in [1.29, 1.82) is 0 Å². The fourth-order valence-corrected chi connectivity index (χ4v) is 1.65. The second-order valence-electron chi connectivity index (χ2n) is 5.26. The standard InChI is InChI=1S/C12H22N2O3/c1-9(2)5-7-17-8-6-14-11(16)13-10(15)12(14,3)4/h9H,5-8H2,1-4H3,(H,13,15,16). The third-order valence-electron chi connectivity index (χ3n) is 2.99. The molecule has 1 N–H and O–H groups in total. The average Bonchev–Trinajstić information content (AvgIpc) is 2.39. The lowest BCUT2D eigenvalue weighted by Crippen LogP contribution is -2.45. The number of nitrogens with one attached hydrogen (secondary N) is 1. The molecule has 1 aliphatic heterocycles. The Bertz CT molecular complexity index is 300. The van der Waals surface area contributed by atoms with Gasteiger partial charge in [0.25, 0.3) is 5.91 Å². The van der Waals surface area contributed by atoms with Gasteiger partial charge in [-0.25, -0.2) is 4.79 Å². The molecule has 3 amide bonds. The number of hydrogen-bond donors (Lipinski definition) is 1. The molecule has 1 rings (SSSR count). The number of imide groups is 1. The third kappa shape index (κ3) is 3.43. The molecule has 98 valence electrons. The zero-order chi connectivity index (χ0) is 13.1. The largest absolute Gasteiger partial charge is 0.380 e. The summed E-state index contributed by atoms with van der Waals surface area (Å²) in [5.41, 5.74) is -0.765. The first kappa shape index (κ1) is 14.0. The Balaban J connectivity index is 2.31. The highest BCUT2D eigenvalue weighted by Gasteiger charge is 2.44. The average molecular weight is 242 g/mol. The monoisotopic (exact) mass is 242 g/mol. The van der Waals surface area contributed by atoms with Gasteiger partial charge in [-0.2, -0.15) is 0 Å². The van der Waals surface area contributed by atoms with Gasteiger partial charge in [0.1, 0.15) is 5.54 Å². The van der Waals surface area contributed by atoms with Gasteiger partial charge in [-0.1, -0.05) is 13.8 Å². The first-order valence-electron chi connectivity index (χ1n) is 6.06. The van der Waals surface area contributed by atoms with E-state index in [-0.39, 0.29) is 11.9 Å². The van der Waals surface area contributed by atoms with Crippen molar-refractivity contribution in [3.63, 3.8) is 0 Å². The quantitative estimate of drug-likeness (QED) is 0.565. The van der Waals surface area contributed by atoms with Gasteiger partial charge in [-0.15, -0.1) is 0 Å². The van der Waals surface area contributed by atoms with Crippen molar-refractivity contribution in [2.45, 2.75) is 39.7 Å². The number of nitrogens with zero attached hydrogens (tertiary/aromatic N) is 1. The molecule has 0 atom stereocenters. The van der Waals surface area contributed by atoms with Crippen molar-refractivity contribution in [1.82, 2.24) is 10.2 Å². The van der Waals surface area contributed by atoms with Crippen molar-refractivity contribution in [3.05, 3.63) is 0 Å². The first-order valence-corrected chi connectivity index (χ1v) is 6.06. The van der Waals surface area contributed by atoms with Crippen LogP contribution in [0.2, 0.25) is 0 Å². The summed E-state index contributed by atoms with van der Waals surface area (Å²) in [4.78, 5) is 24.5. The molecular weight excluding hydrogens is 220 g/mol. The van der Waals surface area contributed by atoms with E-state index in [4.69, 9.17) is 4.74 Å². The Morgan fingerprint density at radius 1 is 1.29 bits per heavy atom. The van der Waals surface area contributed by atoms with Gasteiger partial charge >= 0.3 is 6.03 Å². The highest BCUT2D eigenvalue weighted by Crippen LogP contribution is 2.20. The van der Waals surface area contributed by atoms with Gasteiger partial charge in [0, 0.05) is 13.2 Å². The lowest BCUT2D eigenvalue weighted by atomic mass is 10.1. The second kappa shape index (κ2) is 5.49. The molecular formula is C12H22N2O3. The molecule has 0 aromatic rings. The number of ether oxygens (including phenoxy) is 1. The fourth-order valence-electron chi connectivity index (χ4n) is 1.65. The van der Waals surface area contributed by atoms with Crippen molar-refractivity contribution in [2.75, 3.05) is 19.8 Å². The van der Waals surface area contributed by atoms with E-state index in [0.29, 0.717) is 25.7 Å². The summed E-state index contributed by atoms with van der Waals surface area (Å²) < 4.78 is 5.45. The summed E-state index contributed by atoms with van der Waals surface area (Å²) in [5.74, 6) is 0.368. The zero-order valence-electron chi connectivity index (χ0n) is 11.1. The third-order valence-corrected chi connectivity index (χ3v) is 2.99. The van der Waals surface area contributed by atoms with Crippen molar-refractivity contribution >= 4 is 11.9 Å². The lowest BCUT2D eigenvalue weighted by molar-refractivity contribution is -0.125. The van der Waals surface area contributed by atoms with Crippen LogP contribution in [-0.2, 0) is 9.53 Å². The van der Waals surface area contributed by atoms with E-state index in [1.54, 1.807) is 13.8 Å². The zero-order valence-corrected chi connectivity index (χ0v) is 11.1. The molecule has 0 unspecified atom stereocenters. The van der Waals surface area contributed by atoms with Crippen LogP contribution < -0.4 is 5.32 Å². The van der Waals surface area contributed by atoms with Crippen LogP contribution in [0.1, 0.15) is 34.1 Å². The normalized spacial score (nSPS) is 19.0. The van der Waals surface area contributed by atoms with E-state index in [1.807, 2.05) is 0 Å². The van der Waals surface area contributed by atoms with E-state index < -0.39 is 5.54 Å². The minimum absolute atomic E-state index is 0.246. The Morgan fingerprint density at radius 2 is 1.94 bits per heavy atom. The van der Waals surface area contributed by atoms with Crippen LogP contribution in [0.15, 0.2) is 0 Å². The summed E-state index contributed by atoms with van der Waals surface area (Å²) in [6, 6.07) is -0.326. The number of carbonyl (C=O) groups is 2. The second-order valence-corrected chi connectivity index (χ2v) is 5.26. The SMILES string of the molecule is CC(C)CCOCCN1C(=O)NC(=O)C1(C)C. The number of carbonyl (C=O) groups excluding carboxylic acids is 2. The van der Waals surface area contributed by atoms with Crippen LogP contribution in [0.25, 0.3) is 0 Å². The Hall–Kier alpha value is -1.10. The van der Waals surface area contributed by atoms with Crippen LogP contribution in [0.3, 0.4) is 0 Å². The maximum atomic E-state index is 11.5. The summed E-state index contributed by atoms with van der Waals surface area (Å²) in [7, 11) is 0. The molecule has 0 aliphatic carbocycles. The summed E-state index contributed by atoms with van der Waals surface area (Å²) in [6.45, 7) is 9.36. The van der Waals surface area contributed by atoms with Crippen LogP contribution in [0.4, 0.5) is 4.79 Å². The van der Waals surface area contributed by atoms with Gasteiger partial charge < -0.3 is 9.64 Å². The summed E-state index contributed by atoms with van der Waals surface area (Å²) in [5, 5.41) is 2.31. The van der Waals surface area contributed by atoms with Crippen LogP contribution in [0.5, 0.6) is 0 Å². The van der Waals surface area contributed by atoms with Gasteiger partial charge in [0.05, 0.1) is 6.61 Å².